The Morgan fingerprint density at radius 2 is 2.00 bits per heavy atom. The summed E-state index contributed by atoms with van der Waals surface area (Å²) in [6, 6.07) is 6.18. The van der Waals surface area contributed by atoms with Crippen LogP contribution in [0.15, 0.2) is 22.7 Å². The van der Waals surface area contributed by atoms with E-state index in [1.165, 1.54) is 5.56 Å². The third kappa shape index (κ3) is 1.73. The Bertz CT molecular complexity index is 543. The van der Waals surface area contributed by atoms with Gasteiger partial charge in [0.15, 0.2) is 0 Å². The first-order chi connectivity index (χ1) is 7.50. The lowest BCUT2D eigenvalue weighted by Crippen LogP contribution is -1.98. The molecule has 0 amide bonds. The van der Waals surface area contributed by atoms with Gasteiger partial charge in [-0.25, -0.2) is 0 Å². The van der Waals surface area contributed by atoms with Crippen LogP contribution >= 0.6 is 15.9 Å². The van der Waals surface area contributed by atoms with Gasteiger partial charge in [-0.1, -0.05) is 22.0 Å². The van der Waals surface area contributed by atoms with E-state index in [9.17, 15) is 0 Å². The van der Waals surface area contributed by atoms with Crippen molar-refractivity contribution >= 4 is 21.7 Å². The standard InChI is InChI=1S/C12H14BrN3/c1-7-4-5-9(13)6-10(7)11-8(2)15-16(3)12(11)14/h4-6H,14H2,1-3H3. The quantitative estimate of drug-likeness (QED) is 0.872. The molecule has 2 aromatic rings. The Balaban J connectivity index is 2.71. The monoisotopic (exact) mass is 279 g/mol. The van der Waals surface area contributed by atoms with E-state index in [2.05, 4.69) is 40.1 Å². The highest BCUT2D eigenvalue weighted by Crippen LogP contribution is 2.33. The molecule has 0 atom stereocenters. The van der Waals surface area contributed by atoms with Crippen molar-refractivity contribution in [1.82, 2.24) is 9.78 Å². The van der Waals surface area contributed by atoms with Gasteiger partial charge in [-0.05, 0) is 37.1 Å². The lowest BCUT2D eigenvalue weighted by molar-refractivity contribution is 0.767. The fourth-order valence-electron chi connectivity index (χ4n) is 1.87. The highest BCUT2D eigenvalue weighted by molar-refractivity contribution is 9.10. The molecule has 1 aromatic carbocycles. The molecule has 0 unspecified atom stereocenters. The van der Waals surface area contributed by atoms with Crippen LogP contribution in [0.25, 0.3) is 11.1 Å². The van der Waals surface area contributed by atoms with Crippen LogP contribution in [0.5, 0.6) is 0 Å². The van der Waals surface area contributed by atoms with Gasteiger partial charge in [0.1, 0.15) is 5.82 Å². The van der Waals surface area contributed by atoms with Gasteiger partial charge in [-0.3, -0.25) is 4.68 Å². The van der Waals surface area contributed by atoms with Gasteiger partial charge in [0.05, 0.1) is 5.69 Å². The molecular formula is C12H14BrN3. The van der Waals surface area contributed by atoms with E-state index >= 15 is 0 Å². The van der Waals surface area contributed by atoms with Crippen LogP contribution in [0.3, 0.4) is 0 Å². The fourth-order valence-corrected chi connectivity index (χ4v) is 2.23. The van der Waals surface area contributed by atoms with Crippen molar-refractivity contribution in [2.45, 2.75) is 13.8 Å². The smallest absolute Gasteiger partial charge is 0.129 e. The van der Waals surface area contributed by atoms with Crippen molar-refractivity contribution in [2.75, 3.05) is 5.73 Å². The molecule has 4 heteroatoms. The number of hydrogen-bond acceptors (Lipinski definition) is 2. The van der Waals surface area contributed by atoms with Crippen molar-refractivity contribution in [2.24, 2.45) is 7.05 Å². The van der Waals surface area contributed by atoms with Crippen LogP contribution in [0, 0.1) is 13.8 Å². The summed E-state index contributed by atoms with van der Waals surface area (Å²) in [5.41, 5.74) is 10.4. The minimum absolute atomic E-state index is 0.707. The van der Waals surface area contributed by atoms with E-state index in [0.29, 0.717) is 5.82 Å². The molecule has 0 aliphatic heterocycles. The van der Waals surface area contributed by atoms with E-state index in [-0.39, 0.29) is 0 Å². The third-order valence-electron chi connectivity index (χ3n) is 2.74. The number of rotatable bonds is 1. The highest BCUT2D eigenvalue weighted by Gasteiger charge is 2.14. The molecule has 0 fully saturated rings. The molecule has 0 saturated carbocycles. The van der Waals surface area contributed by atoms with Gasteiger partial charge >= 0.3 is 0 Å². The normalized spacial score (nSPS) is 10.8. The maximum Gasteiger partial charge on any atom is 0.129 e. The van der Waals surface area contributed by atoms with Gasteiger partial charge in [0.2, 0.25) is 0 Å². The molecule has 2 rings (SSSR count). The average Bonchev–Trinajstić information content (AvgIpc) is 2.46. The van der Waals surface area contributed by atoms with Crippen LogP contribution in [-0.4, -0.2) is 9.78 Å². The summed E-state index contributed by atoms with van der Waals surface area (Å²) >= 11 is 3.48. The minimum Gasteiger partial charge on any atom is -0.383 e. The van der Waals surface area contributed by atoms with Crippen LogP contribution in [0.4, 0.5) is 5.82 Å². The molecule has 2 N–H and O–H groups in total. The summed E-state index contributed by atoms with van der Waals surface area (Å²) in [6.45, 7) is 4.06. The number of halogens is 1. The number of aryl methyl sites for hydroxylation is 3. The summed E-state index contributed by atoms with van der Waals surface area (Å²) in [4.78, 5) is 0. The molecule has 3 nitrogen and oxygen atoms in total. The van der Waals surface area contributed by atoms with Gasteiger partial charge in [-0.15, -0.1) is 0 Å². The molecule has 0 aliphatic carbocycles. The molecule has 1 aromatic heterocycles. The molecule has 1 heterocycles. The minimum atomic E-state index is 0.707. The molecule has 0 saturated heterocycles. The number of nitrogens with two attached hydrogens (primary N) is 1. The lowest BCUT2D eigenvalue weighted by atomic mass is 10.0. The van der Waals surface area contributed by atoms with Crippen LogP contribution in [0.1, 0.15) is 11.3 Å². The Hall–Kier alpha value is -1.29. The highest BCUT2D eigenvalue weighted by atomic mass is 79.9. The molecule has 0 spiro atoms. The lowest BCUT2D eigenvalue weighted by Gasteiger charge is -2.07. The summed E-state index contributed by atoms with van der Waals surface area (Å²) in [7, 11) is 1.86. The summed E-state index contributed by atoms with van der Waals surface area (Å²) in [6.07, 6.45) is 0. The van der Waals surface area contributed by atoms with E-state index in [1.807, 2.05) is 20.0 Å². The Morgan fingerprint density at radius 3 is 2.56 bits per heavy atom. The largest absolute Gasteiger partial charge is 0.383 e. The van der Waals surface area contributed by atoms with Crippen LogP contribution in [-0.2, 0) is 7.05 Å². The SMILES string of the molecule is Cc1ccc(Br)cc1-c1c(C)nn(C)c1N. The van der Waals surface area contributed by atoms with Gasteiger partial charge < -0.3 is 5.73 Å². The topological polar surface area (TPSA) is 43.8 Å². The van der Waals surface area contributed by atoms with Crippen molar-refractivity contribution in [3.05, 3.63) is 33.9 Å². The predicted molar refractivity (Wildman–Crippen MR) is 70.2 cm³/mol. The fraction of sp³-hybridized carbons (Fsp3) is 0.250. The number of benzene rings is 1. The van der Waals surface area contributed by atoms with Crippen LogP contribution in [0.2, 0.25) is 0 Å². The molecule has 0 aliphatic rings. The number of nitrogen functional groups attached to an aromatic ring is 1. The zero-order valence-corrected chi connectivity index (χ0v) is 11.2. The van der Waals surface area contributed by atoms with Crippen molar-refractivity contribution in [3.63, 3.8) is 0 Å². The van der Waals surface area contributed by atoms with E-state index in [0.717, 1.165) is 21.3 Å². The van der Waals surface area contributed by atoms with E-state index < -0.39 is 0 Å². The molecule has 16 heavy (non-hydrogen) atoms. The van der Waals surface area contributed by atoms with E-state index in [1.54, 1.807) is 4.68 Å². The van der Waals surface area contributed by atoms with Crippen molar-refractivity contribution in [3.8, 4) is 11.1 Å². The zero-order valence-electron chi connectivity index (χ0n) is 9.58. The predicted octanol–water partition coefficient (Wildman–Crippen LogP) is 3.05. The first-order valence-electron chi connectivity index (χ1n) is 5.06. The molecular weight excluding hydrogens is 266 g/mol. The summed E-state index contributed by atoms with van der Waals surface area (Å²) < 4.78 is 2.76. The summed E-state index contributed by atoms with van der Waals surface area (Å²) in [5, 5.41) is 4.33. The van der Waals surface area contributed by atoms with Crippen molar-refractivity contribution < 1.29 is 0 Å². The maximum atomic E-state index is 6.04. The van der Waals surface area contributed by atoms with Crippen LogP contribution < -0.4 is 5.73 Å². The second-order valence-corrected chi connectivity index (χ2v) is 4.84. The Kier molecular flexibility index (Phi) is 2.76. The first kappa shape index (κ1) is 11.2. The Morgan fingerprint density at radius 1 is 1.31 bits per heavy atom. The van der Waals surface area contributed by atoms with Crippen molar-refractivity contribution in [1.29, 1.82) is 0 Å². The summed E-state index contributed by atoms with van der Waals surface area (Å²) in [5.74, 6) is 0.707. The van der Waals surface area contributed by atoms with E-state index in [4.69, 9.17) is 5.73 Å². The molecule has 0 bridgehead atoms. The van der Waals surface area contributed by atoms with Gasteiger partial charge in [0, 0.05) is 17.1 Å². The van der Waals surface area contributed by atoms with Gasteiger partial charge in [0.25, 0.3) is 0 Å². The molecule has 0 radical (unpaired) electrons. The Labute approximate surface area is 103 Å². The zero-order chi connectivity index (χ0) is 11.9. The molecule has 84 valence electrons. The number of anilines is 1. The first-order valence-corrected chi connectivity index (χ1v) is 5.85. The second-order valence-electron chi connectivity index (χ2n) is 3.93. The number of hydrogen-bond donors (Lipinski definition) is 1. The second kappa shape index (κ2) is 3.94. The average molecular weight is 280 g/mol. The number of aromatic nitrogens is 2. The number of nitrogens with zero attached hydrogens (tertiary/aromatic N) is 2. The third-order valence-corrected chi connectivity index (χ3v) is 3.23. The van der Waals surface area contributed by atoms with Gasteiger partial charge in [-0.2, -0.15) is 5.10 Å². The maximum absolute atomic E-state index is 6.04.